The second-order valence-corrected chi connectivity index (χ2v) is 5.28. The van der Waals surface area contributed by atoms with Crippen molar-refractivity contribution in [3.8, 4) is 0 Å². The van der Waals surface area contributed by atoms with E-state index in [1.807, 2.05) is 24.4 Å². The Morgan fingerprint density at radius 2 is 2.05 bits per heavy atom. The van der Waals surface area contributed by atoms with E-state index in [0.29, 0.717) is 6.42 Å². The number of halogens is 2. The molecule has 0 aliphatic rings. The number of nitrogens with two attached hydrogens (primary N) is 1. The van der Waals surface area contributed by atoms with Gasteiger partial charge in [-0.25, -0.2) is 8.78 Å². The summed E-state index contributed by atoms with van der Waals surface area (Å²) in [6.07, 6.45) is 0.687. The summed E-state index contributed by atoms with van der Waals surface area (Å²) in [4.78, 5) is 13.0. The third-order valence-electron chi connectivity index (χ3n) is 2.94. The summed E-state index contributed by atoms with van der Waals surface area (Å²) < 4.78 is 26.7. The lowest BCUT2D eigenvalue weighted by molar-refractivity contribution is 0.0935. The molecule has 2 rings (SSSR count). The van der Waals surface area contributed by atoms with Gasteiger partial charge in [0.15, 0.2) is 0 Å². The molecule has 20 heavy (non-hydrogen) atoms. The summed E-state index contributed by atoms with van der Waals surface area (Å²) in [5.41, 5.74) is 4.52. The first kappa shape index (κ1) is 14.5. The van der Waals surface area contributed by atoms with Gasteiger partial charge >= 0.3 is 0 Å². The highest BCUT2D eigenvalue weighted by atomic mass is 32.1. The lowest BCUT2D eigenvalue weighted by atomic mass is 10.1. The summed E-state index contributed by atoms with van der Waals surface area (Å²) in [7, 11) is 0. The molecule has 3 nitrogen and oxygen atoms in total. The molecule has 2 aromatic rings. The van der Waals surface area contributed by atoms with Crippen LogP contribution in [0.4, 0.5) is 14.5 Å². The van der Waals surface area contributed by atoms with Gasteiger partial charge in [-0.05, 0) is 30.0 Å². The highest BCUT2D eigenvalue weighted by molar-refractivity contribution is 7.10. The third-order valence-corrected chi connectivity index (χ3v) is 3.93. The first-order valence-corrected chi connectivity index (χ1v) is 6.99. The number of hydrogen-bond donors (Lipinski definition) is 2. The monoisotopic (exact) mass is 296 g/mol. The predicted octanol–water partition coefficient (Wildman–Crippen LogP) is 3.49. The number of benzene rings is 1. The van der Waals surface area contributed by atoms with Crippen LogP contribution >= 0.6 is 11.3 Å². The van der Waals surface area contributed by atoms with Crippen molar-refractivity contribution >= 4 is 22.9 Å². The molecule has 1 amide bonds. The maximum atomic E-state index is 13.4. The minimum absolute atomic E-state index is 0.0794. The van der Waals surface area contributed by atoms with Gasteiger partial charge in [0.05, 0.1) is 6.04 Å². The first-order chi connectivity index (χ1) is 9.52. The molecule has 3 N–H and O–H groups in total. The maximum absolute atomic E-state index is 13.4. The number of hydrogen-bond acceptors (Lipinski definition) is 3. The second kappa shape index (κ2) is 6.00. The van der Waals surface area contributed by atoms with Crippen molar-refractivity contribution in [2.24, 2.45) is 0 Å². The fourth-order valence-corrected chi connectivity index (χ4v) is 2.68. The van der Waals surface area contributed by atoms with Crippen LogP contribution < -0.4 is 11.1 Å². The Hall–Kier alpha value is -1.95. The van der Waals surface area contributed by atoms with E-state index in [1.165, 1.54) is 11.3 Å². The Kier molecular flexibility index (Phi) is 4.34. The van der Waals surface area contributed by atoms with Crippen molar-refractivity contribution in [2.75, 3.05) is 5.73 Å². The van der Waals surface area contributed by atoms with Gasteiger partial charge in [-0.15, -0.1) is 11.3 Å². The van der Waals surface area contributed by atoms with Crippen LogP contribution in [0.3, 0.4) is 0 Å². The number of carbonyl (C=O) groups is 1. The number of nitrogens with one attached hydrogen (secondary N) is 1. The molecular formula is C14H14F2N2OS. The summed E-state index contributed by atoms with van der Waals surface area (Å²) in [6, 6.07) is 5.50. The van der Waals surface area contributed by atoms with Crippen LogP contribution in [0.2, 0.25) is 0 Å². The maximum Gasteiger partial charge on any atom is 0.252 e. The summed E-state index contributed by atoms with van der Waals surface area (Å²) in [5, 5.41) is 4.67. The Labute approximate surface area is 119 Å². The van der Waals surface area contributed by atoms with Gasteiger partial charge in [0, 0.05) is 10.4 Å². The molecule has 0 saturated heterocycles. The lowest BCUT2D eigenvalue weighted by Gasteiger charge is -2.15. The van der Waals surface area contributed by atoms with E-state index in [4.69, 9.17) is 5.73 Å². The molecule has 106 valence electrons. The molecule has 6 heteroatoms. The number of rotatable bonds is 4. The van der Waals surface area contributed by atoms with Crippen LogP contribution in [0.25, 0.3) is 0 Å². The SMILES string of the molecule is CCC(NC(=O)c1cc(F)c(N)c(F)c1)c1cccs1. The van der Waals surface area contributed by atoms with Gasteiger partial charge in [-0.1, -0.05) is 13.0 Å². The normalized spacial score (nSPS) is 12.2. The number of carbonyl (C=O) groups excluding carboxylic acids is 1. The van der Waals surface area contributed by atoms with Crippen LogP contribution in [-0.4, -0.2) is 5.91 Å². The lowest BCUT2D eigenvalue weighted by Crippen LogP contribution is -2.27. The molecule has 0 saturated carbocycles. The van der Waals surface area contributed by atoms with Gasteiger partial charge in [0.1, 0.15) is 17.3 Å². The number of nitrogen functional groups attached to an aromatic ring is 1. The molecule has 1 aromatic heterocycles. The molecule has 0 aliphatic carbocycles. The zero-order valence-corrected chi connectivity index (χ0v) is 11.6. The molecule has 0 radical (unpaired) electrons. The van der Waals surface area contributed by atoms with Gasteiger partial charge in [-0.3, -0.25) is 4.79 Å². The minimum Gasteiger partial charge on any atom is -0.394 e. The van der Waals surface area contributed by atoms with Crippen LogP contribution in [0, 0.1) is 11.6 Å². The van der Waals surface area contributed by atoms with E-state index in [2.05, 4.69) is 5.32 Å². The second-order valence-electron chi connectivity index (χ2n) is 4.30. The molecule has 1 unspecified atom stereocenters. The van der Waals surface area contributed by atoms with E-state index in [9.17, 15) is 13.6 Å². The van der Waals surface area contributed by atoms with Crippen molar-refractivity contribution in [1.82, 2.24) is 5.32 Å². The van der Waals surface area contributed by atoms with Crippen molar-refractivity contribution in [3.63, 3.8) is 0 Å². The molecule has 0 bridgehead atoms. The largest absolute Gasteiger partial charge is 0.394 e. The van der Waals surface area contributed by atoms with E-state index >= 15 is 0 Å². The van der Waals surface area contributed by atoms with Crippen LogP contribution in [0.15, 0.2) is 29.6 Å². The molecule has 1 heterocycles. The molecular weight excluding hydrogens is 282 g/mol. The Bertz CT molecular complexity index is 591. The zero-order valence-electron chi connectivity index (χ0n) is 10.8. The van der Waals surface area contributed by atoms with E-state index < -0.39 is 23.2 Å². The molecule has 1 atom stereocenters. The fourth-order valence-electron chi connectivity index (χ4n) is 1.82. The van der Waals surface area contributed by atoms with Crippen molar-refractivity contribution in [1.29, 1.82) is 0 Å². The van der Waals surface area contributed by atoms with Gasteiger partial charge < -0.3 is 11.1 Å². The van der Waals surface area contributed by atoms with Crippen LogP contribution in [0.1, 0.15) is 34.6 Å². The standard InChI is InChI=1S/C14H14F2N2OS/c1-2-11(12-4-3-5-20-12)18-14(19)8-6-9(15)13(17)10(16)7-8/h3-7,11H,2,17H2,1H3,(H,18,19). The quantitative estimate of drug-likeness (QED) is 0.849. The number of anilines is 1. The van der Waals surface area contributed by atoms with Crippen molar-refractivity contribution in [3.05, 3.63) is 51.7 Å². The summed E-state index contributed by atoms with van der Waals surface area (Å²) in [5.74, 6) is -2.39. The number of thiophene rings is 1. The van der Waals surface area contributed by atoms with Gasteiger partial charge in [0.25, 0.3) is 5.91 Å². The van der Waals surface area contributed by atoms with Crippen molar-refractivity contribution in [2.45, 2.75) is 19.4 Å². The molecule has 0 fully saturated rings. The predicted molar refractivity (Wildman–Crippen MR) is 75.6 cm³/mol. The molecule has 0 spiro atoms. The highest BCUT2D eigenvalue weighted by Gasteiger charge is 2.17. The zero-order chi connectivity index (χ0) is 14.7. The van der Waals surface area contributed by atoms with Gasteiger partial charge in [0.2, 0.25) is 0 Å². The average Bonchev–Trinajstić information content (AvgIpc) is 2.95. The Balaban J connectivity index is 2.19. The first-order valence-electron chi connectivity index (χ1n) is 6.11. The highest BCUT2D eigenvalue weighted by Crippen LogP contribution is 2.23. The summed E-state index contributed by atoms with van der Waals surface area (Å²) in [6.45, 7) is 1.93. The number of amides is 1. The minimum atomic E-state index is -0.931. The van der Waals surface area contributed by atoms with E-state index in [-0.39, 0.29) is 11.6 Å². The topological polar surface area (TPSA) is 55.1 Å². The van der Waals surface area contributed by atoms with E-state index in [1.54, 1.807) is 0 Å². The average molecular weight is 296 g/mol. The Morgan fingerprint density at radius 1 is 1.40 bits per heavy atom. The molecule has 1 aromatic carbocycles. The van der Waals surface area contributed by atoms with Crippen LogP contribution in [0.5, 0.6) is 0 Å². The third kappa shape index (κ3) is 2.96. The van der Waals surface area contributed by atoms with Crippen LogP contribution in [-0.2, 0) is 0 Å². The van der Waals surface area contributed by atoms with Gasteiger partial charge in [-0.2, -0.15) is 0 Å². The fraction of sp³-hybridized carbons (Fsp3) is 0.214. The van der Waals surface area contributed by atoms with E-state index in [0.717, 1.165) is 17.0 Å². The Morgan fingerprint density at radius 3 is 2.55 bits per heavy atom. The smallest absolute Gasteiger partial charge is 0.252 e. The van der Waals surface area contributed by atoms with Crippen molar-refractivity contribution < 1.29 is 13.6 Å². The summed E-state index contributed by atoms with van der Waals surface area (Å²) >= 11 is 1.52. The molecule has 0 aliphatic heterocycles.